The summed E-state index contributed by atoms with van der Waals surface area (Å²) in [5.41, 5.74) is 0. The van der Waals surface area contributed by atoms with Crippen LogP contribution < -0.4 is 28.4 Å². The molecule has 0 aliphatic rings. The molecule has 6 nitrogen and oxygen atoms in total. The molecule has 0 amide bonds. The number of hydrogen-bond donors (Lipinski definition) is 0. The Hall–Kier alpha value is -4.06. The molecular formula is C50H72O6. The van der Waals surface area contributed by atoms with Gasteiger partial charge >= 0.3 is 0 Å². The maximum absolute atomic E-state index is 6.59. The van der Waals surface area contributed by atoms with E-state index >= 15 is 0 Å². The van der Waals surface area contributed by atoms with Crippen molar-refractivity contribution in [3.05, 3.63) is 61.7 Å². The summed E-state index contributed by atoms with van der Waals surface area (Å²) in [5.74, 6) is 4.61. The normalized spacial score (nSPS) is 11.3. The summed E-state index contributed by atoms with van der Waals surface area (Å²) in [4.78, 5) is 0. The summed E-state index contributed by atoms with van der Waals surface area (Å²) in [5, 5.41) is 6.48. The molecular weight excluding hydrogens is 697 g/mol. The summed E-state index contributed by atoms with van der Waals surface area (Å²) in [6, 6.07) is 13.1. The molecule has 0 fully saturated rings. The van der Waals surface area contributed by atoms with Crippen LogP contribution in [0.4, 0.5) is 0 Å². The molecule has 0 atom stereocenters. The second-order valence-corrected chi connectivity index (χ2v) is 15.1. The van der Waals surface area contributed by atoms with Crippen molar-refractivity contribution in [3.63, 3.8) is 0 Å². The average molecular weight is 769 g/mol. The summed E-state index contributed by atoms with van der Waals surface area (Å²) in [6.45, 7) is 17.6. The zero-order valence-electron chi connectivity index (χ0n) is 35.5. The Morgan fingerprint density at radius 3 is 0.875 bits per heavy atom. The first-order valence-electron chi connectivity index (χ1n) is 22.0. The predicted molar refractivity (Wildman–Crippen MR) is 238 cm³/mol. The lowest BCUT2D eigenvalue weighted by Crippen LogP contribution is -2.04. The van der Waals surface area contributed by atoms with Crippen molar-refractivity contribution in [1.29, 1.82) is 0 Å². The molecule has 0 saturated carbocycles. The van der Waals surface area contributed by atoms with E-state index in [-0.39, 0.29) is 0 Å². The van der Waals surface area contributed by atoms with E-state index in [0.29, 0.717) is 33.0 Å². The summed E-state index contributed by atoms with van der Waals surface area (Å²) in [7, 11) is 1.72. The number of ether oxygens (including phenoxy) is 6. The first kappa shape index (κ1) is 44.7. The Labute approximate surface area is 338 Å². The van der Waals surface area contributed by atoms with Crippen LogP contribution in [-0.2, 0) is 0 Å². The summed E-state index contributed by atoms with van der Waals surface area (Å²) < 4.78 is 38.7. The van der Waals surface area contributed by atoms with Crippen molar-refractivity contribution in [2.75, 3.05) is 40.1 Å². The van der Waals surface area contributed by atoms with Gasteiger partial charge in [-0.05, 0) is 127 Å². The first-order chi connectivity index (χ1) is 27.6. The van der Waals surface area contributed by atoms with Crippen LogP contribution >= 0.6 is 0 Å². The summed E-state index contributed by atoms with van der Waals surface area (Å²) in [6.07, 6.45) is 24.8. The van der Waals surface area contributed by atoms with Crippen LogP contribution in [0.2, 0.25) is 0 Å². The van der Waals surface area contributed by atoms with Gasteiger partial charge in [0.15, 0.2) is 34.5 Å². The molecule has 0 bridgehead atoms. The molecule has 0 N–H and O–H groups in total. The fourth-order valence-electron chi connectivity index (χ4n) is 7.20. The average Bonchev–Trinajstić information content (AvgIpc) is 3.22. The molecule has 308 valence electrons. The van der Waals surface area contributed by atoms with E-state index in [1.54, 1.807) is 7.11 Å². The zero-order valence-corrected chi connectivity index (χ0v) is 35.5. The lowest BCUT2D eigenvalue weighted by Gasteiger charge is -2.20. The van der Waals surface area contributed by atoms with Gasteiger partial charge in [0.25, 0.3) is 0 Å². The van der Waals surface area contributed by atoms with Gasteiger partial charge in [0.2, 0.25) is 0 Å². The second kappa shape index (κ2) is 26.0. The minimum atomic E-state index is 0.639. The number of rotatable bonds is 32. The number of benzene rings is 4. The Bertz CT molecular complexity index is 1700. The highest BCUT2D eigenvalue weighted by Gasteiger charge is 2.20. The molecule has 4 aromatic rings. The third kappa shape index (κ3) is 13.6. The van der Waals surface area contributed by atoms with Crippen LogP contribution in [0, 0.1) is 0 Å². The van der Waals surface area contributed by atoms with Gasteiger partial charge in [-0.1, -0.05) is 97.1 Å². The third-order valence-electron chi connectivity index (χ3n) is 10.5. The molecule has 6 heteroatoms. The smallest absolute Gasteiger partial charge is 0.161 e. The highest BCUT2D eigenvalue weighted by Crippen LogP contribution is 2.47. The van der Waals surface area contributed by atoms with Crippen LogP contribution in [0.5, 0.6) is 34.5 Å². The van der Waals surface area contributed by atoms with Gasteiger partial charge in [-0.3, -0.25) is 0 Å². The molecule has 0 saturated heterocycles. The maximum Gasteiger partial charge on any atom is 0.161 e. The number of methoxy groups -OCH3 is 1. The van der Waals surface area contributed by atoms with Crippen molar-refractivity contribution in [2.24, 2.45) is 0 Å². The van der Waals surface area contributed by atoms with Gasteiger partial charge in [-0.2, -0.15) is 0 Å². The van der Waals surface area contributed by atoms with Gasteiger partial charge in [0, 0.05) is 0 Å². The van der Waals surface area contributed by atoms with Crippen LogP contribution in [0.15, 0.2) is 61.7 Å². The van der Waals surface area contributed by atoms with E-state index < -0.39 is 0 Å². The largest absolute Gasteiger partial charge is 0.493 e. The second-order valence-electron chi connectivity index (χ2n) is 15.1. The van der Waals surface area contributed by atoms with Gasteiger partial charge in [-0.15, -0.1) is 13.2 Å². The van der Waals surface area contributed by atoms with Crippen molar-refractivity contribution >= 4 is 32.3 Å². The lowest BCUT2D eigenvalue weighted by atomic mass is 9.93. The van der Waals surface area contributed by atoms with Gasteiger partial charge in [0.1, 0.15) is 0 Å². The Morgan fingerprint density at radius 1 is 0.357 bits per heavy atom. The summed E-state index contributed by atoms with van der Waals surface area (Å²) >= 11 is 0. The molecule has 0 heterocycles. The van der Waals surface area contributed by atoms with Crippen molar-refractivity contribution in [3.8, 4) is 34.5 Å². The topological polar surface area (TPSA) is 55.4 Å². The van der Waals surface area contributed by atoms with Crippen LogP contribution in [0.25, 0.3) is 32.3 Å². The zero-order chi connectivity index (χ0) is 39.8. The van der Waals surface area contributed by atoms with E-state index in [1.807, 2.05) is 12.2 Å². The molecule has 0 unspecified atom stereocenters. The highest BCUT2D eigenvalue weighted by molar-refractivity contribution is 6.26. The number of unbranched alkanes of at least 4 members (excludes halogenated alkanes) is 14. The van der Waals surface area contributed by atoms with Crippen LogP contribution in [0.3, 0.4) is 0 Å². The minimum Gasteiger partial charge on any atom is -0.493 e. The van der Waals surface area contributed by atoms with Gasteiger partial charge in [0.05, 0.1) is 40.1 Å². The van der Waals surface area contributed by atoms with Gasteiger partial charge < -0.3 is 28.4 Å². The first-order valence-corrected chi connectivity index (χ1v) is 22.0. The van der Waals surface area contributed by atoms with E-state index in [2.05, 4.69) is 70.3 Å². The van der Waals surface area contributed by atoms with Crippen LogP contribution in [-0.4, -0.2) is 40.1 Å². The molecule has 56 heavy (non-hydrogen) atoms. The SMILES string of the molecule is C=CCCCCCCOc1cc2c3cc(OCCCCC)c(OC)cc3c3cc(OCCCCC)c(OCCCCCCC=C)cc3c2cc1OCCCCC. The lowest BCUT2D eigenvalue weighted by molar-refractivity contribution is 0.259. The molecule has 4 rings (SSSR count). The molecule has 0 spiro atoms. The Morgan fingerprint density at radius 2 is 0.607 bits per heavy atom. The van der Waals surface area contributed by atoms with E-state index in [4.69, 9.17) is 28.4 Å². The van der Waals surface area contributed by atoms with Crippen molar-refractivity contribution in [1.82, 2.24) is 0 Å². The van der Waals surface area contributed by atoms with Gasteiger partial charge in [-0.25, -0.2) is 0 Å². The Balaban J connectivity index is 1.88. The fraction of sp³-hybridized carbons (Fsp3) is 0.560. The molecule has 0 aromatic heterocycles. The van der Waals surface area contributed by atoms with E-state index in [0.717, 1.165) is 163 Å². The predicted octanol–water partition coefficient (Wildman–Crippen LogP) is 14.9. The molecule has 4 aromatic carbocycles. The van der Waals surface area contributed by atoms with Crippen LogP contribution in [0.1, 0.15) is 143 Å². The Kier molecular flexibility index (Phi) is 20.7. The molecule has 0 aliphatic heterocycles. The standard InChI is InChI=1S/C50H72O6/c1-7-12-17-19-21-26-31-55-49-36-42-40-34-46(52-28-23-14-9-3)45(51-6)33-39(40)41-35-47(53-29-24-15-10-4)50(56-32-27-22-20-18-13-8-2)37-43(41)44(42)38-48(49)54-30-25-16-11-5/h7-8,33-38H,1-2,9-32H2,3-6H3. The maximum atomic E-state index is 6.59. The number of fused-ring (bicyclic) bond motifs is 6. The van der Waals surface area contributed by atoms with E-state index in [9.17, 15) is 0 Å². The minimum absolute atomic E-state index is 0.639. The number of hydrogen-bond acceptors (Lipinski definition) is 6. The fourth-order valence-corrected chi connectivity index (χ4v) is 7.20. The van der Waals surface area contributed by atoms with Crippen molar-refractivity contribution < 1.29 is 28.4 Å². The number of allylic oxidation sites excluding steroid dienone is 2. The monoisotopic (exact) mass is 769 g/mol. The third-order valence-corrected chi connectivity index (χ3v) is 10.5. The highest BCUT2D eigenvalue weighted by atomic mass is 16.5. The quantitative estimate of drug-likeness (QED) is 0.0280. The molecule has 0 aliphatic carbocycles. The molecule has 0 radical (unpaired) electrons. The van der Waals surface area contributed by atoms with Crippen molar-refractivity contribution in [2.45, 2.75) is 143 Å². The van der Waals surface area contributed by atoms with E-state index in [1.165, 1.54) is 25.7 Å².